The molecule has 0 heterocycles. The van der Waals surface area contributed by atoms with Crippen molar-refractivity contribution in [1.29, 1.82) is 0 Å². The molecular weight excluding hydrogens is 369 g/mol. The van der Waals surface area contributed by atoms with E-state index in [1.807, 2.05) is 7.05 Å². The fourth-order valence-corrected chi connectivity index (χ4v) is 2.11. The number of hydrogen-bond donors (Lipinski definition) is 1. The van der Waals surface area contributed by atoms with Gasteiger partial charge >= 0.3 is 0 Å². The van der Waals surface area contributed by atoms with Gasteiger partial charge in [-0.1, -0.05) is 19.1 Å². The average molecular weight is 393 g/mol. The predicted molar refractivity (Wildman–Crippen MR) is 96.8 cm³/mol. The van der Waals surface area contributed by atoms with Gasteiger partial charge in [0.25, 0.3) is 0 Å². The van der Waals surface area contributed by atoms with Crippen LogP contribution in [-0.2, 0) is 6.54 Å². The first-order valence-electron chi connectivity index (χ1n) is 6.26. The zero-order chi connectivity index (χ0) is 13.4. The zero-order valence-corrected chi connectivity index (χ0v) is 15.3. The Morgan fingerprint density at radius 3 is 2.42 bits per heavy atom. The van der Waals surface area contributed by atoms with Gasteiger partial charge in [0.15, 0.2) is 5.96 Å². The Labute approximate surface area is 138 Å². The molecule has 0 aliphatic rings. The van der Waals surface area contributed by atoms with Crippen LogP contribution in [0.1, 0.15) is 18.9 Å². The molecule has 0 spiro atoms. The summed E-state index contributed by atoms with van der Waals surface area (Å²) in [6, 6.07) is 8.68. The van der Waals surface area contributed by atoms with Gasteiger partial charge in [-0.15, -0.1) is 35.7 Å². The molecule has 108 valence electrons. The van der Waals surface area contributed by atoms with Crippen LogP contribution >= 0.6 is 35.7 Å². The number of guanidine groups is 1. The normalized spacial score (nSPS) is 10.8. The monoisotopic (exact) mass is 393 g/mol. The number of nitrogens with one attached hydrogen (secondary N) is 1. The fourth-order valence-electron chi connectivity index (χ4n) is 1.70. The second-order valence-corrected chi connectivity index (χ2v) is 5.06. The molecule has 1 rings (SSSR count). The molecular formula is C14H24IN3S. The van der Waals surface area contributed by atoms with E-state index in [2.05, 4.69) is 59.7 Å². The van der Waals surface area contributed by atoms with Crippen LogP contribution in [0.5, 0.6) is 0 Å². The molecule has 0 aliphatic carbocycles. The lowest BCUT2D eigenvalue weighted by atomic mass is 10.2. The third kappa shape index (κ3) is 6.51. The van der Waals surface area contributed by atoms with Crippen molar-refractivity contribution in [1.82, 2.24) is 10.2 Å². The fraction of sp³-hybridized carbons (Fsp3) is 0.500. The summed E-state index contributed by atoms with van der Waals surface area (Å²) in [4.78, 5) is 7.73. The van der Waals surface area contributed by atoms with Gasteiger partial charge in [0.05, 0.1) is 0 Å². The highest BCUT2D eigenvalue weighted by Gasteiger charge is 2.05. The molecule has 0 saturated heterocycles. The molecule has 1 aromatic carbocycles. The maximum absolute atomic E-state index is 4.28. The summed E-state index contributed by atoms with van der Waals surface area (Å²) < 4.78 is 0. The van der Waals surface area contributed by atoms with Gasteiger partial charge < -0.3 is 10.2 Å². The molecule has 0 bridgehead atoms. The van der Waals surface area contributed by atoms with Gasteiger partial charge in [-0.25, -0.2) is 0 Å². The first-order valence-corrected chi connectivity index (χ1v) is 7.48. The van der Waals surface area contributed by atoms with Gasteiger partial charge in [-0.2, -0.15) is 0 Å². The van der Waals surface area contributed by atoms with Crippen molar-refractivity contribution in [3.05, 3.63) is 29.8 Å². The van der Waals surface area contributed by atoms with Crippen molar-refractivity contribution in [3.63, 3.8) is 0 Å². The molecule has 0 unspecified atom stereocenters. The van der Waals surface area contributed by atoms with Crippen LogP contribution in [0.2, 0.25) is 0 Å². The van der Waals surface area contributed by atoms with Gasteiger partial charge in [0.2, 0.25) is 0 Å². The van der Waals surface area contributed by atoms with Gasteiger partial charge in [0, 0.05) is 32.1 Å². The first kappa shape index (κ1) is 18.6. The van der Waals surface area contributed by atoms with Crippen LogP contribution in [-0.4, -0.2) is 37.8 Å². The van der Waals surface area contributed by atoms with Crippen molar-refractivity contribution >= 4 is 41.7 Å². The SMILES string of the molecule is CCCNC(=NC)N(C)Cc1ccc(SC)cc1.I. The molecule has 0 atom stereocenters. The van der Waals surface area contributed by atoms with Crippen molar-refractivity contribution in [2.45, 2.75) is 24.8 Å². The van der Waals surface area contributed by atoms with Crippen LogP contribution in [0.25, 0.3) is 0 Å². The van der Waals surface area contributed by atoms with E-state index in [0.717, 1.165) is 25.5 Å². The maximum Gasteiger partial charge on any atom is 0.193 e. The Bertz CT molecular complexity index is 379. The number of nitrogens with zero attached hydrogens (tertiary/aromatic N) is 2. The molecule has 0 aliphatic heterocycles. The number of halogens is 1. The van der Waals surface area contributed by atoms with Crippen LogP contribution in [0.3, 0.4) is 0 Å². The van der Waals surface area contributed by atoms with Crippen LogP contribution in [0, 0.1) is 0 Å². The lowest BCUT2D eigenvalue weighted by molar-refractivity contribution is 0.476. The summed E-state index contributed by atoms with van der Waals surface area (Å²) >= 11 is 1.77. The molecule has 3 nitrogen and oxygen atoms in total. The maximum atomic E-state index is 4.28. The Hall–Kier alpha value is -0.430. The van der Waals surface area contributed by atoms with E-state index in [9.17, 15) is 0 Å². The quantitative estimate of drug-likeness (QED) is 0.360. The van der Waals surface area contributed by atoms with E-state index in [-0.39, 0.29) is 24.0 Å². The number of aliphatic imine (C=N–C) groups is 1. The molecule has 5 heteroatoms. The smallest absolute Gasteiger partial charge is 0.193 e. The van der Waals surface area contributed by atoms with E-state index in [1.165, 1.54) is 10.5 Å². The first-order chi connectivity index (χ1) is 8.71. The number of rotatable bonds is 5. The Morgan fingerprint density at radius 1 is 1.32 bits per heavy atom. The third-order valence-corrected chi connectivity index (χ3v) is 3.43. The van der Waals surface area contributed by atoms with E-state index in [0.29, 0.717) is 0 Å². The summed E-state index contributed by atoms with van der Waals surface area (Å²) in [6.45, 7) is 3.99. The zero-order valence-electron chi connectivity index (χ0n) is 12.1. The van der Waals surface area contributed by atoms with Gasteiger partial charge in [-0.05, 0) is 30.4 Å². The number of benzene rings is 1. The molecule has 1 N–H and O–H groups in total. The minimum Gasteiger partial charge on any atom is -0.356 e. The topological polar surface area (TPSA) is 27.6 Å². The summed E-state index contributed by atoms with van der Waals surface area (Å²) in [6.07, 6.45) is 3.20. The van der Waals surface area contributed by atoms with E-state index in [1.54, 1.807) is 11.8 Å². The summed E-state index contributed by atoms with van der Waals surface area (Å²) in [7, 11) is 3.89. The van der Waals surface area contributed by atoms with Crippen molar-refractivity contribution < 1.29 is 0 Å². The predicted octanol–water partition coefficient (Wildman–Crippen LogP) is 3.44. The highest BCUT2D eigenvalue weighted by molar-refractivity contribution is 14.0. The van der Waals surface area contributed by atoms with Gasteiger partial charge in [-0.3, -0.25) is 4.99 Å². The molecule has 0 amide bonds. The standard InChI is InChI=1S/C14H23N3S.HI/c1-5-10-16-14(15-2)17(3)11-12-6-8-13(18-4)9-7-12;/h6-9H,5,10-11H2,1-4H3,(H,15,16);1H. The molecule has 0 aromatic heterocycles. The Morgan fingerprint density at radius 2 is 1.95 bits per heavy atom. The average Bonchev–Trinajstić information content (AvgIpc) is 2.40. The van der Waals surface area contributed by atoms with E-state index >= 15 is 0 Å². The lowest BCUT2D eigenvalue weighted by Gasteiger charge is -2.22. The summed E-state index contributed by atoms with van der Waals surface area (Å²) in [5.74, 6) is 0.950. The molecule has 0 radical (unpaired) electrons. The van der Waals surface area contributed by atoms with Crippen molar-refractivity contribution in [2.24, 2.45) is 4.99 Å². The minimum absolute atomic E-state index is 0. The largest absolute Gasteiger partial charge is 0.356 e. The molecule has 0 fully saturated rings. The summed E-state index contributed by atoms with van der Waals surface area (Å²) in [5.41, 5.74) is 1.30. The van der Waals surface area contributed by atoms with E-state index < -0.39 is 0 Å². The van der Waals surface area contributed by atoms with Crippen LogP contribution < -0.4 is 5.32 Å². The third-order valence-electron chi connectivity index (χ3n) is 2.69. The van der Waals surface area contributed by atoms with E-state index in [4.69, 9.17) is 0 Å². The minimum atomic E-state index is 0. The second-order valence-electron chi connectivity index (χ2n) is 4.18. The van der Waals surface area contributed by atoms with Crippen molar-refractivity contribution in [3.8, 4) is 0 Å². The number of thioether (sulfide) groups is 1. The Kier molecular flexibility index (Phi) is 10.1. The Balaban J connectivity index is 0.00000324. The molecule has 1 aromatic rings. The molecule has 0 saturated carbocycles. The number of hydrogen-bond acceptors (Lipinski definition) is 2. The second kappa shape index (κ2) is 10.4. The van der Waals surface area contributed by atoms with Crippen LogP contribution in [0.4, 0.5) is 0 Å². The highest BCUT2D eigenvalue weighted by atomic mass is 127. The highest BCUT2D eigenvalue weighted by Crippen LogP contribution is 2.15. The molecule has 19 heavy (non-hydrogen) atoms. The van der Waals surface area contributed by atoms with Crippen molar-refractivity contribution in [2.75, 3.05) is 26.9 Å². The lowest BCUT2D eigenvalue weighted by Crippen LogP contribution is -2.38. The van der Waals surface area contributed by atoms with Crippen LogP contribution in [0.15, 0.2) is 34.2 Å². The summed E-state index contributed by atoms with van der Waals surface area (Å²) in [5, 5.41) is 3.33. The van der Waals surface area contributed by atoms with Gasteiger partial charge in [0.1, 0.15) is 0 Å².